The molecule has 2 aliphatic rings. The molecule has 2 fully saturated rings. The number of benzene rings is 1. The number of hydrogen-bond acceptors (Lipinski definition) is 3. The molecule has 4 rings (SSSR count). The van der Waals surface area contributed by atoms with Crippen LogP contribution in [0.1, 0.15) is 37.2 Å². The van der Waals surface area contributed by atoms with E-state index < -0.39 is 0 Å². The topological polar surface area (TPSA) is 40.5 Å². The summed E-state index contributed by atoms with van der Waals surface area (Å²) >= 11 is 0. The summed E-state index contributed by atoms with van der Waals surface area (Å²) in [6.45, 7) is 5.10. The van der Waals surface area contributed by atoms with E-state index in [1.54, 1.807) is 0 Å². The van der Waals surface area contributed by atoms with Gasteiger partial charge in [0, 0.05) is 35.9 Å². The predicted molar refractivity (Wildman–Crippen MR) is 88.4 cm³/mol. The first-order valence-corrected chi connectivity index (χ1v) is 8.37. The zero-order valence-corrected chi connectivity index (χ0v) is 13.9. The Morgan fingerprint density at radius 1 is 1.35 bits per heavy atom. The number of para-hydroxylation sites is 1. The van der Waals surface area contributed by atoms with Gasteiger partial charge >= 0.3 is 5.97 Å². The van der Waals surface area contributed by atoms with Crippen molar-refractivity contribution in [3.63, 3.8) is 0 Å². The van der Waals surface area contributed by atoms with Crippen LogP contribution in [0.25, 0.3) is 10.9 Å². The number of carbonyl (C=O) groups is 1. The zero-order chi connectivity index (χ0) is 16.2. The lowest BCUT2D eigenvalue weighted by molar-refractivity contribution is -0.243. The maximum Gasteiger partial charge on any atom is 0.355 e. The number of esters is 1. The van der Waals surface area contributed by atoms with Gasteiger partial charge in [0.1, 0.15) is 11.8 Å². The number of ether oxygens (including phenoxy) is 2. The molecule has 0 bridgehead atoms. The first kappa shape index (κ1) is 14.8. The summed E-state index contributed by atoms with van der Waals surface area (Å²) in [6, 6.07) is 9.92. The van der Waals surface area contributed by atoms with Crippen molar-refractivity contribution in [1.82, 2.24) is 4.57 Å². The molecule has 23 heavy (non-hydrogen) atoms. The largest absolute Gasteiger partial charge is 0.457 e. The maximum atomic E-state index is 12.7. The maximum absolute atomic E-state index is 12.7. The van der Waals surface area contributed by atoms with Gasteiger partial charge < -0.3 is 14.0 Å². The molecular weight excluding hydrogens is 290 g/mol. The van der Waals surface area contributed by atoms with Crippen molar-refractivity contribution in [3.05, 3.63) is 36.0 Å². The highest BCUT2D eigenvalue weighted by Gasteiger charge is 2.60. The van der Waals surface area contributed by atoms with Gasteiger partial charge in [-0.15, -0.1) is 0 Å². The monoisotopic (exact) mass is 313 g/mol. The van der Waals surface area contributed by atoms with Gasteiger partial charge in [-0.05, 0) is 25.0 Å². The van der Waals surface area contributed by atoms with Crippen molar-refractivity contribution in [1.29, 1.82) is 0 Å². The number of carbonyl (C=O) groups excluding carboxylic acids is 1. The molecule has 4 heteroatoms. The molecule has 1 saturated heterocycles. The number of nitrogens with zero attached hydrogens (tertiary/aromatic N) is 1. The highest BCUT2D eigenvalue weighted by Crippen LogP contribution is 2.53. The Hall–Kier alpha value is -1.81. The highest BCUT2D eigenvalue weighted by molar-refractivity contribution is 5.95. The molecule has 1 saturated carbocycles. The first-order chi connectivity index (χ1) is 11.0. The van der Waals surface area contributed by atoms with Crippen LogP contribution in [0.2, 0.25) is 0 Å². The molecule has 1 aromatic heterocycles. The fourth-order valence-electron chi connectivity index (χ4n) is 4.38. The zero-order valence-electron chi connectivity index (χ0n) is 13.9. The van der Waals surface area contributed by atoms with Gasteiger partial charge in [-0.1, -0.05) is 32.0 Å². The molecule has 2 aromatic rings. The molecule has 1 aliphatic heterocycles. The molecule has 0 spiro atoms. The molecule has 2 heterocycles. The summed E-state index contributed by atoms with van der Waals surface area (Å²) in [6.07, 6.45) is 2.31. The van der Waals surface area contributed by atoms with Crippen molar-refractivity contribution in [2.24, 2.45) is 18.4 Å². The summed E-state index contributed by atoms with van der Waals surface area (Å²) in [4.78, 5) is 12.7. The lowest BCUT2D eigenvalue weighted by Gasteiger charge is -2.58. The Kier molecular flexibility index (Phi) is 3.27. The van der Waals surface area contributed by atoms with Crippen molar-refractivity contribution in [2.45, 2.75) is 38.9 Å². The normalized spacial score (nSPS) is 28.9. The van der Waals surface area contributed by atoms with Crippen molar-refractivity contribution < 1.29 is 14.3 Å². The minimum Gasteiger partial charge on any atom is -0.457 e. The van der Waals surface area contributed by atoms with E-state index in [0.29, 0.717) is 11.6 Å². The van der Waals surface area contributed by atoms with Crippen LogP contribution in [-0.2, 0) is 16.5 Å². The number of aromatic nitrogens is 1. The second kappa shape index (κ2) is 5.10. The van der Waals surface area contributed by atoms with Crippen molar-refractivity contribution >= 4 is 16.9 Å². The lowest BCUT2D eigenvalue weighted by Crippen LogP contribution is -2.65. The van der Waals surface area contributed by atoms with Crippen LogP contribution in [0.5, 0.6) is 0 Å². The summed E-state index contributed by atoms with van der Waals surface area (Å²) in [5, 5.41) is 1.06. The molecule has 1 aliphatic carbocycles. The summed E-state index contributed by atoms with van der Waals surface area (Å²) in [5.41, 5.74) is 1.55. The molecular formula is C19H23NO3. The summed E-state index contributed by atoms with van der Waals surface area (Å²) in [7, 11) is 1.91. The van der Waals surface area contributed by atoms with E-state index in [1.165, 1.54) is 0 Å². The molecule has 0 N–H and O–H groups in total. The highest BCUT2D eigenvalue weighted by atomic mass is 16.6. The Morgan fingerprint density at radius 3 is 2.91 bits per heavy atom. The Bertz CT molecular complexity index is 761. The second-order valence-corrected chi connectivity index (χ2v) is 7.39. The van der Waals surface area contributed by atoms with Crippen LogP contribution < -0.4 is 0 Å². The van der Waals surface area contributed by atoms with E-state index in [0.717, 1.165) is 30.4 Å². The van der Waals surface area contributed by atoms with Crippen LogP contribution >= 0.6 is 0 Å². The van der Waals surface area contributed by atoms with E-state index >= 15 is 0 Å². The average molecular weight is 313 g/mol. The van der Waals surface area contributed by atoms with E-state index in [1.807, 2.05) is 41.9 Å². The van der Waals surface area contributed by atoms with Gasteiger partial charge in [-0.2, -0.15) is 0 Å². The minimum absolute atomic E-state index is 0.0571. The van der Waals surface area contributed by atoms with Gasteiger partial charge in [-0.3, -0.25) is 0 Å². The van der Waals surface area contributed by atoms with E-state index in [9.17, 15) is 4.79 Å². The lowest BCUT2D eigenvalue weighted by atomic mass is 9.57. The van der Waals surface area contributed by atoms with Gasteiger partial charge in [0.05, 0.1) is 6.10 Å². The number of hydrogen-bond donors (Lipinski definition) is 0. The number of rotatable bonds is 2. The molecule has 1 aromatic carbocycles. The molecule has 0 unspecified atom stereocenters. The van der Waals surface area contributed by atoms with Crippen LogP contribution in [0.15, 0.2) is 30.3 Å². The first-order valence-electron chi connectivity index (χ1n) is 8.37. The Balaban J connectivity index is 1.58. The Labute approximate surface area is 136 Å². The van der Waals surface area contributed by atoms with Crippen molar-refractivity contribution in [3.8, 4) is 0 Å². The van der Waals surface area contributed by atoms with Crippen LogP contribution in [0, 0.1) is 11.3 Å². The second-order valence-electron chi connectivity index (χ2n) is 7.39. The summed E-state index contributed by atoms with van der Waals surface area (Å²) < 4.78 is 13.7. The predicted octanol–water partition coefficient (Wildman–Crippen LogP) is 3.54. The number of fused-ring (bicyclic) bond motifs is 2. The fraction of sp³-hybridized carbons (Fsp3) is 0.526. The van der Waals surface area contributed by atoms with Gasteiger partial charge in [0.2, 0.25) is 0 Å². The summed E-state index contributed by atoms with van der Waals surface area (Å²) in [5.74, 6) is 0.114. The van der Waals surface area contributed by atoms with Crippen LogP contribution in [0.4, 0.5) is 0 Å². The van der Waals surface area contributed by atoms with Crippen LogP contribution in [0.3, 0.4) is 0 Å². The molecule has 3 atom stereocenters. The van der Waals surface area contributed by atoms with Gasteiger partial charge in [-0.25, -0.2) is 4.79 Å². The van der Waals surface area contributed by atoms with Crippen LogP contribution in [-0.4, -0.2) is 29.4 Å². The quantitative estimate of drug-likeness (QED) is 0.796. The fourth-order valence-corrected chi connectivity index (χ4v) is 4.38. The van der Waals surface area contributed by atoms with Gasteiger partial charge in [0.15, 0.2) is 0 Å². The third-order valence-electron chi connectivity index (χ3n) is 5.62. The molecule has 122 valence electrons. The third kappa shape index (κ3) is 2.12. The molecule has 4 nitrogen and oxygen atoms in total. The Morgan fingerprint density at radius 2 is 2.13 bits per heavy atom. The molecule has 0 amide bonds. The van der Waals surface area contributed by atoms with E-state index in [-0.39, 0.29) is 23.6 Å². The van der Waals surface area contributed by atoms with Crippen molar-refractivity contribution in [2.75, 3.05) is 6.61 Å². The average Bonchev–Trinajstić information content (AvgIpc) is 2.90. The SMILES string of the molecule is Cn1c(C(=O)O[C@@H]2[C@@H]3CCCO[C@@H]3C2(C)C)cc2ccccc21. The minimum atomic E-state index is -0.231. The van der Waals surface area contributed by atoms with Gasteiger partial charge in [0.25, 0.3) is 0 Å². The standard InChI is InChI=1S/C19H23NO3/c1-19(2)16-13(8-6-10-22-16)17(19)23-18(21)15-11-12-7-4-5-9-14(12)20(15)3/h4-5,7,9,11,13,16-17H,6,8,10H2,1-3H3/t13-,16+,17-/m1/s1. The van der Waals surface area contributed by atoms with E-state index in [4.69, 9.17) is 9.47 Å². The van der Waals surface area contributed by atoms with E-state index in [2.05, 4.69) is 13.8 Å². The molecule has 0 radical (unpaired) electrons. The smallest absolute Gasteiger partial charge is 0.355 e. The third-order valence-corrected chi connectivity index (χ3v) is 5.62. The number of aryl methyl sites for hydroxylation is 1.